The summed E-state index contributed by atoms with van der Waals surface area (Å²) in [6.07, 6.45) is -6.08. The SMILES string of the molecule is CN=C(NCC(O)C(F)(F)F)N(C)CC1CCOC1.I. The molecule has 1 heterocycles. The van der Waals surface area contributed by atoms with Crippen LogP contribution in [-0.4, -0.2) is 68.6 Å². The molecule has 0 saturated carbocycles. The zero-order valence-electron chi connectivity index (χ0n) is 11.5. The fourth-order valence-electron chi connectivity index (χ4n) is 1.89. The topological polar surface area (TPSA) is 57.1 Å². The summed E-state index contributed by atoms with van der Waals surface area (Å²) in [5, 5.41) is 11.4. The first kappa shape index (κ1) is 19.7. The molecule has 120 valence electrons. The highest BCUT2D eigenvalue weighted by molar-refractivity contribution is 14.0. The number of nitrogens with zero attached hydrogens (tertiary/aromatic N) is 2. The second-order valence-electron chi connectivity index (χ2n) is 4.60. The van der Waals surface area contributed by atoms with E-state index in [-0.39, 0.29) is 24.0 Å². The predicted octanol–water partition coefficient (Wildman–Crippen LogP) is 1.07. The molecule has 1 aliphatic heterocycles. The average Bonchev–Trinajstić information content (AvgIpc) is 2.81. The van der Waals surface area contributed by atoms with Crippen molar-refractivity contribution >= 4 is 29.9 Å². The zero-order chi connectivity index (χ0) is 14.5. The van der Waals surface area contributed by atoms with E-state index in [2.05, 4.69) is 10.3 Å². The molecule has 0 spiro atoms. The van der Waals surface area contributed by atoms with E-state index < -0.39 is 18.8 Å². The van der Waals surface area contributed by atoms with Crippen LogP contribution < -0.4 is 5.32 Å². The van der Waals surface area contributed by atoms with Gasteiger partial charge in [0.05, 0.1) is 13.2 Å². The number of aliphatic hydroxyl groups is 1. The van der Waals surface area contributed by atoms with E-state index >= 15 is 0 Å². The number of ether oxygens (including phenoxy) is 1. The maximum Gasteiger partial charge on any atom is 0.416 e. The molecule has 0 bridgehead atoms. The Kier molecular flexibility index (Phi) is 8.75. The van der Waals surface area contributed by atoms with Gasteiger partial charge in [-0.25, -0.2) is 0 Å². The second-order valence-corrected chi connectivity index (χ2v) is 4.60. The average molecular weight is 411 g/mol. The molecule has 1 saturated heterocycles. The molecule has 2 atom stereocenters. The van der Waals surface area contributed by atoms with Crippen LogP contribution in [0.5, 0.6) is 0 Å². The molecule has 1 rings (SSSR count). The van der Waals surface area contributed by atoms with Gasteiger partial charge in [-0.05, 0) is 6.42 Å². The van der Waals surface area contributed by atoms with Crippen molar-refractivity contribution in [1.29, 1.82) is 0 Å². The lowest BCUT2D eigenvalue weighted by atomic mass is 10.1. The Balaban J connectivity index is 0.00000361. The molecular weight excluding hydrogens is 390 g/mol. The van der Waals surface area contributed by atoms with Crippen LogP contribution in [0, 0.1) is 5.92 Å². The smallest absolute Gasteiger partial charge is 0.382 e. The molecule has 5 nitrogen and oxygen atoms in total. The number of halogens is 4. The number of hydrogen-bond acceptors (Lipinski definition) is 3. The number of nitrogens with one attached hydrogen (secondary N) is 1. The molecule has 0 aromatic carbocycles. The Bertz CT molecular complexity index is 310. The number of aliphatic hydroxyl groups excluding tert-OH is 1. The lowest BCUT2D eigenvalue weighted by Crippen LogP contribution is -2.47. The van der Waals surface area contributed by atoms with Crippen molar-refractivity contribution in [3.05, 3.63) is 0 Å². The molecule has 1 aliphatic rings. The van der Waals surface area contributed by atoms with Gasteiger partial charge in [0.1, 0.15) is 0 Å². The van der Waals surface area contributed by atoms with Crippen molar-refractivity contribution in [2.24, 2.45) is 10.9 Å². The summed E-state index contributed by atoms with van der Waals surface area (Å²) >= 11 is 0. The third-order valence-corrected chi connectivity index (χ3v) is 2.96. The van der Waals surface area contributed by atoms with Gasteiger partial charge in [0, 0.05) is 33.2 Å². The molecule has 1 fully saturated rings. The van der Waals surface area contributed by atoms with E-state index in [0.29, 0.717) is 25.0 Å². The van der Waals surface area contributed by atoms with Crippen molar-refractivity contribution in [1.82, 2.24) is 10.2 Å². The lowest BCUT2D eigenvalue weighted by molar-refractivity contribution is -0.201. The largest absolute Gasteiger partial charge is 0.416 e. The Hall–Kier alpha value is -0.290. The molecule has 0 radical (unpaired) electrons. The third kappa shape index (κ3) is 6.44. The van der Waals surface area contributed by atoms with Crippen LogP contribution >= 0.6 is 24.0 Å². The molecule has 9 heteroatoms. The summed E-state index contributed by atoms with van der Waals surface area (Å²) in [5.74, 6) is 0.686. The summed E-state index contributed by atoms with van der Waals surface area (Å²) in [7, 11) is 3.23. The molecule has 0 aromatic rings. The monoisotopic (exact) mass is 411 g/mol. The minimum Gasteiger partial charge on any atom is -0.382 e. The van der Waals surface area contributed by atoms with Gasteiger partial charge in [-0.2, -0.15) is 13.2 Å². The molecular formula is C11H21F3IN3O2. The Morgan fingerprint density at radius 2 is 2.20 bits per heavy atom. The highest BCUT2D eigenvalue weighted by Crippen LogP contribution is 2.19. The van der Waals surface area contributed by atoms with Crippen LogP contribution in [0.25, 0.3) is 0 Å². The standard InChI is InChI=1S/C11H20F3N3O2.HI/c1-15-10(16-5-9(18)11(12,13)14)17(2)6-8-3-4-19-7-8;/h8-9,18H,3-7H2,1-2H3,(H,15,16);1H. The lowest BCUT2D eigenvalue weighted by Gasteiger charge is -2.25. The first-order valence-corrected chi connectivity index (χ1v) is 6.09. The van der Waals surface area contributed by atoms with Crippen LogP contribution in [0.1, 0.15) is 6.42 Å². The minimum absolute atomic E-state index is 0. The number of alkyl halides is 3. The van der Waals surface area contributed by atoms with Crippen LogP contribution in [-0.2, 0) is 4.74 Å². The van der Waals surface area contributed by atoms with Crippen LogP contribution in [0.4, 0.5) is 13.2 Å². The number of rotatable bonds is 4. The van der Waals surface area contributed by atoms with Gasteiger partial charge in [-0.3, -0.25) is 4.99 Å². The second kappa shape index (κ2) is 8.88. The van der Waals surface area contributed by atoms with E-state index in [4.69, 9.17) is 9.84 Å². The Morgan fingerprint density at radius 1 is 1.55 bits per heavy atom. The van der Waals surface area contributed by atoms with Crippen molar-refractivity contribution in [2.75, 3.05) is 40.4 Å². The first-order chi connectivity index (χ1) is 8.84. The van der Waals surface area contributed by atoms with E-state index in [1.165, 1.54) is 7.05 Å². The van der Waals surface area contributed by atoms with Gasteiger partial charge in [0.2, 0.25) is 0 Å². The summed E-state index contributed by atoms with van der Waals surface area (Å²) in [6, 6.07) is 0. The quantitative estimate of drug-likeness (QED) is 0.413. The van der Waals surface area contributed by atoms with E-state index in [1.54, 1.807) is 11.9 Å². The summed E-state index contributed by atoms with van der Waals surface area (Å²) < 4.78 is 41.8. The fraction of sp³-hybridized carbons (Fsp3) is 0.909. The number of guanidine groups is 1. The van der Waals surface area contributed by atoms with Crippen LogP contribution in [0.2, 0.25) is 0 Å². The highest BCUT2D eigenvalue weighted by Gasteiger charge is 2.38. The van der Waals surface area contributed by atoms with Gasteiger partial charge < -0.3 is 20.1 Å². The summed E-state index contributed by atoms with van der Waals surface area (Å²) in [4.78, 5) is 5.63. The molecule has 0 aromatic heterocycles. The number of hydrogen-bond donors (Lipinski definition) is 2. The first-order valence-electron chi connectivity index (χ1n) is 6.09. The summed E-state index contributed by atoms with van der Waals surface area (Å²) in [5.41, 5.74) is 0. The van der Waals surface area contributed by atoms with Gasteiger partial charge in [-0.1, -0.05) is 0 Å². The Morgan fingerprint density at radius 3 is 2.65 bits per heavy atom. The van der Waals surface area contributed by atoms with Gasteiger partial charge in [-0.15, -0.1) is 24.0 Å². The van der Waals surface area contributed by atoms with Crippen molar-refractivity contribution in [3.8, 4) is 0 Å². The highest BCUT2D eigenvalue weighted by atomic mass is 127. The van der Waals surface area contributed by atoms with E-state index in [1.807, 2.05) is 0 Å². The maximum absolute atomic E-state index is 12.2. The number of aliphatic imine (C=N–C) groups is 1. The van der Waals surface area contributed by atoms with E-state index in [0.717, 1.165) is 13.0 Å². The predicted molar refractivity (Wildman–Crippen MR) is 80.4 cm³/mol. The molecule has 0 aliphatic carbocycles. The fourth-order valence-corrected chi connectivity index (χ4v) is 1.89. The van der Waals surface area contributed by atoms with Gasteiger partial charge >= 0.3 is 6.18 Å². The van der Waals surface area contributed by atoms with Crippen LogP contribution in [0.3, 0.4) is 0 Å². The van der Waals surface area contributed by atoms with Crippen LogP contribution in [0.15, 0.2) is 4.99 Å². The molecule has 2 N–H and O–H groups in total. The maximum atomic E-state index is 12.2. The van der Waals surface area contributed by atoms with Crippen molar-refractivity contribution < 1.29 is 23.0 Å². The van der Waals surface area contributed by atoms with Crippen molar-refractivity contribution in [2.45, 2.75) is 18.7 Å². The van der Waals surface area contributed by atoms with Gasteiger partial charge in [0.25, 0.3) is 0 Å². The third-order valence-electron chi connectivity index (χ3n) is 2.96. The van der Waals surface area contributed by atoms with Crippen molar-refractivity contribution in [3.63, 3.8) is 0 Å². The molecule has 0 amide bonds. The normalized spacial score (nSPS) is 21.3. The molecule has 2 unspecified atom stereocenters. The minimum atomic E-state index is -4.62. The molecule has 20 heavy (non-hydrogen) atoms. The van der Waals surface area contributed by atoms with E-state index in [9.17, 15) is 13.2 Å². The van der Waals surface area contributed by atoms with Gasteiger partial charge in [0.15, 0.2) is 12.1 Å². The summed E-state index contributed by atoms with van der Waals surface area (Å²) in [6.45, 7) is 1.42. The zero-order valence-corrected chi connectivity index (χ0v) is 13.8. The Labute approximate surface area is 133 Å².